The van der Waals surface area contributed by atoms with Gasteiger partial charge in [-0.2, -0.15) is 4.31 Å². The van der Waals surface area contributed by atoms with Crippen molar-refractivity contribution in [2.75, 3.05) is 19.6 Å². The average Bonchev–Trinajstić information content (AvgIpc) is 2.55. The van der Waals surface area contributed by atoms with Crippen molar-refractivity contribution >= 4 is 28.3 Å². The van der Waals surface area contributed by atoms with Crippen LogP contribution in [0.4, 0.5) is 4.39 Å². The number of hydrogen-bond acceptors (Lipinski definition) is 4. The molecule has 1 fully saturated rings. The molecule has 1 aliphatic heterocycles. The third kappa shape index (κ3) is 5.13. The molecule has 9 heteroatoms. The number of hydrogen-bond donors (Lipinski definition) is 2. The van der Waals surface area contributed by atoms with Gasteiger partial charge in [-0.15, -0.1) is 12.4 Å². The molecule has 0 spiro atoms. The Labute approximate surface area is 154 Å². The van der Waals surface area contributed by atoms with E-state index in [0.717, 1.165) is 6.07 Å². The lowest BCUT2D eigenvalue weighted by Crippen LogP contribution is -2.52. The molecule has 0 bridgehead atoms. The summed E-state index contributed by atoms with van der Waals surface area (Å²) in [5.41, 5.74) is 5.11. The van der Waals surface area contributed by atoms with Crippen LogP contribution in [-0.2, 0) is 14.8 Å². The first-order valence-electron chi connectivity index (χ1n) is 7.94. The highest BCUT2D eigenvalue weighted by molar-refractivity contribution is 7.89. The summed E-state index contributed by atoms with van der Waals surface area (Å²) in [6.07, 6.45) is 0.806. The Kier molecular flexibility index (Phi) is 7.37. The molecule has 1 aromatic rings. The van der Waals surface area contributed by atoms with Gasteiger partial charge in [0.05, 0.1) is 0 Å². The summed E-state index contributed by atoms with van der Waals surface area (Å²) in [7, 11) is -3.87. The Bertz CT molecular complexity index is 704. The minimum absolute atomic E-state index is 0. The number of nitrogens with one attached hydrogen (secondary N) is 1. The second-order valence-electron chi connectivity index (χ2n) is 6.69. The van der Waals surface area contributed by atoms with Gasteiger partial charge < -0.3 is 11.1 Å². The molecule has 0 aromatic heterocycles. The van der Waals surface area contributed by atoms with E-state index in [4.69, 9.17) is 5.73 Å². The molecule has 1 saturated heterocycles. The Morgan fingerprint density at radius 1 is 1.32 bits per heavy atom. The minimum Gasteiger partial charge on any atom is -0.350 e. The highest BCUT2D eigenvalue weighted by atomic mass is 35.5. The number of halogens is 2. The molecular weight excluding hydrogens is 369 g/mol. The van der Waals surface area contributed by atoms with Crippen LogP contribution < -0.4 is 11.1 Å². The number of carbonyl (C=O) groups excluding carboxylic acids is 1. The Hall–Kier alpha value is -1.22. The van der Waals surface area contributed by atoms with Gasteiger partial charge in [0.1, 0.15) is 10.7 Å². The molecule has 25 heavy (non-hydrogen) atoms. The molecule has 1 heterocycles. The fraction of sp³-hybridized carbons (Fsp3) is 0.562. The van der Waals surface area contributed by atoms with Crippen LogP contribution in [0.25, 0.3) is 0 Å². The number of benzene rings is 1. The lowest BCUT2D eigenvalue weighted by Gasteiger charge is -2.33. The van der Waals surface area contributed by atoms with E-state index >= 15 is 0 Å². The van der Waals surface area contributed by atoms with E-state index < -0.39 is 21.4 Å². The highest BCUT2D eigenvalue weighted by Gasteiger charge is 2.34. The van der Waals surface area contributed by atoms with Crippen LogP contribution in [-0.4, -0.2) is 43.8 Å². The molecule has 0 radical (unpaired) electrons. The lowest BCUT2D eigenvalue weighted by atomic mass is 9.95. The Morgan fingerprint density at radius 3 is 2.40 bits per heavy atom. The summed E-state index contributed by atoms with van der Waals surface area (Å²) in [5.74, 6) is -1.14. The van der Waals surface area contributed by atoms with Gasteiger partial charge in [-0.25, -0.2) is 12.8 Å². The number of sulfonamides is 1. The maximum atomic E-state index is 13.8. The van der Waals surface area contributed by atoms with E-state index in [1.54, 1.807) is 0 Å². The van der Waals surface area contributed by atoms with Crippen molar-refractivity contribution in [3.05, 3.63) is 30.1 Å². The van der Waals surface area contributed by atoms with Crippen molar-refractivity contribution in [3.8, 4) is 0 Å². The maximum Gasteiger partial charge on any atom is 0.245 e. The quantitative estimate of drug-likeness (QED) is 0.792. The van der Waals surface area contributed by atoms with Crippen molar-refractivity contribution < 1.29 is 17.6 Å². The van der Waals surface area contributed by atoms with Gasteiger partial charge >= 0.3 is 0 Å². The van der Waals surface area contributed by atoms with Gasteiger partial charge in [-0.05, 0) is 38.8 Å². The van der Waals surface area contributed by atoms with Crippen LogP contribution >= 0.6 is 12.4 Å². The second kappa shape index (κ2) is 8.44. The van der Waals surface area contributed by atoms with E-state index in [1.165, 1.54) is 22.5 Å². The van der Waals surface area contributed by atoms with E-state index in [-0.39, 0.29) is 42.2 Å². The molecule has 0 unspecified atom stereocenters. The molecule has 1 aromatic carbocycles. The summed E-state index contributed by atoms with van der Waals surface area (Å²) in [6.45, 7) is 4.38. The molecule has 142 valence electrons. The predicted molar refractivity (Wildman–Crippen MR) is 96.4 cm³/mol. The fourth-order valence-corrected chi connectivity index (χ4v) is 4.17. The van der Waals surface area contributed by atoms with Crippen molar-refractivity contribution in [1.82, 2.24) is 9.62 Å². The summed E-state index contributed by atoms with van der Waals surface area (Å²) in [5, 5.41) is 2.88. The first-order valence-corrected chi connectivity index (χ1v) is 9.38. The molecule has 3 N–H and O–H groups in total. The molecule has 2 rings (SSSR count). The van der Waals surface area contributed by atoms with Crippen LogP contribution in [0, 0.1) is 11.7 Å². The van der Waals surface area contributed by atoms with Gasteiger partial charge in [-0.3, -0.25) is 4.79 Å². The first-order chi connectivity index (χ1) is 11.2. The van der Waals surface area contributed by atoms with Crippen LogP contribution in [0.15, 0.2) is 29.2 Å². The normalized spacial score (nSPS) is 17.0. The van der Waals surface area contributed by atoms with Crippen molar-refractivity contribution in [1.29, 1.82) is 0 Å². The van der Waals surface area contributed by atoms with Crippen molar-refractivity contribution in [2.24, 2.45) is 11.7 Å². The molecule has 1 amide bonds. The molecule has 1 aliphatic rings. The fourth-order valence-electron chi connectivity index (χ4n) is 2.64. The number of carbonyl (C=O) groups is 1. The Morgan fingerprint density at radius 2 is 1.88 bits per heavy atom. The van der Waals surface area contributed by atoms with Gasteiger partial charge in [0.15, 0.2) is 0 Å². The van der Waals surface area contributed by atoms with Gasteiger partial charge in [0, 0.05) is 31.1 Å². The number of nitrogens with two attached hydrogens (primary N) is 1. The summed E-state index contributed by atoms with van der Waals surface area (Å²) < 4.78 is 40.1. The van der Waals surface area contributed by atoms with Crippen LogP contribution in [0.5, 0.6) is 0 Å². The number of rotatable bonds is 5. The first kappa shape index (κ1) is 21.8. The standard InChI is InChI=1S/C16H24FN3O3S.ClH/c1-16(2,11-18)19-15(21)12-7-9-20(10-8-12)24(22,23)14-6-4-3-5-13(14)17;/h3-6,12H,7-11,18H2,1-2H3,(H,19,21);1H. The monoisotopic (exact) mass is 393 g/mol. The molecule has 6 nitrogen and oxygen atoms in total. The third-order valence-electron chi connectivity index (χ3n) is 4.25. The molecule has 0 aliphatic carbocycles. The Balaban J connectivity index is 0.00000312. The van der Waals surface area contributed by atoms with Gasteiger partial charge in [0.2, 0.25) is 15.9 Å². The zero-order valence-electron chi connectivity index (χ0n) is 14.4. The zero-order chi connectivity index (χ0) is 18.0. The average molecular weight is 394 g/mol. The maximum absolute atomic E-state index is 13.8. The third-order valence-corrected chi connectivity index (χ3v) is 6.18. The van der Waals surface area contributed by atoms with E-state index in [9.17, 15) is 17.6 Å². The number of piperidine rings is 1. The van der Waals surface area contributed by atoms with E-state index in [2.05, 4.69) is 5.32 Å². The van der Waals surface area contributed by atoms with Gasteiger partial charge in [-0.1, -0.05) is 12.1 Å². The van der Waals surface area contributed by atoms with Crippen molar-refractivity contribution in [3.63, 3.8) is 0 Å². The largest absolute Gasteiger partial charge is 0.350 e. The van der Waals surface area contributed by atoms with Crippen LogP contribution in [0.3, 0.4) is 0 Å². The summed E-state index contributed by atoms with van der Waals surface area (Å²) >= 11 is 0. The minimum atomic E-state index is -3.87. The number of amides is 1. The summed E-state index contributed by atoms with van der Waals surface area (Å²) in [4.78, 5) is 11.9. The SMILES string of the molecule is CC(C)(CN)NC(=O)C1CCN(S(=O)(=O)c2ccccc2F)CC1.Cl. The van der Waals surface area contributed by atoms with Gasteiger partial charge in [0.25, 0.3) is 0 Å². The second-order valence-corrected chi connectivity index (χ2v) is 8.59. The van der Waals surface area contributed by atoms with Crippen LogP contribution in [0.1, 0.15) is 26.7 Å². The highest BCUT2D eigenvalue weighted by Crippen LogP contribution is 2.25. The molecule has 0 atom stereocenters. The summed E-state index contributed by atoms with van der Waals surface area (Å²) in [6, 6.07) is 5.32. The predicted octanol–water partition coefficient (Wildman–Crippen LogP) is 1.50. The van der Waals surface area contributed by atoms with Crippen molar-refractivity contribution in [2.45, 2.75) is 37.1 Å². The molecular formula is C16H25ClFN3O3S. The van der Waals surface area contributed by atoms with E-state index in [1.807, 2.05) is 13.8 Å². The lowest BCUT2D eigenvalue weighted by molar-refractivity contribution is -0.127. The number of nitrogens with zero attached hydrogens (tertiary/aromatic N) is 1. The van der Waals surface area contributed by atoms with Crippen LogP contribution in [0.2, 0.25) is 0 Å². The smallest absolute Gasteiger partial charge is 0.245 e. The molecule has 0 saturated carbocycles. The topological polar surface area (TPSA) is 92.5 Å². The zero-order valence-corrected chi connectivity index (χ0v) is 16.0. The van der Waals surface area contributed by atoms with E-state index in [0.29, 0.717) is 19.4 Å².